The van der Waals surface area contributed by atoms with Gasteiger partial charge in [0.05, 0.1) is 13.0 Å². The van der Waals surface area contributed by atoms with Crippen LogP contribution in [0.3, 0.4) is 0 Å². The minimum absolute atomic E-state index is 0.0308. The van der Waals surface area contributed by atoms with Crippen LogP contribution in [0.5, 0.6) is 0 Å². The molecule has 0 radical (unpaired) electrons. The Morgan fingerprint density at radius 2 is 0.967 bits per heavy atom. The van der Waals surface area contributed by atoms with Crippen molar-refractivity contribution in [2.75, 3.05) is 40.3 Å². The Hall–Kier alpha value is -2.20. The van der Waals surface area contributed by atoms with Crippen LogP contribution in [-0.4, -0.2) is 98.4 Å². The van der Waals surface area contributed by atoms with E-state index in [0.29, 0.717) is 51.9 Å². The third kappa shape index (κ3) is 30.8. The maximum absolute atomic E-state index is 13.4. The fourth-order valence-electron chi connectivity index (χ4n) is 8.14. The van der Waals surface area contributed by atoms with Gasteiger partial charge in [0.25, 0.3) is 0 Å². The zero-order valence-electron chi connectivity index (χ0n) is 39.9. The first-order valence-electron chi connectivity index (χ1n) is 25.3. The molecule has 0 bridgehead atoms. The highest BCUT2D eigenvalue weighted by Crippen LogP contribution is 2.24. The number of hydrogen-bond acceptors (Lipinski definition) is 10. The molecule has 10 nitrogen and oxygen atoms in total. The van der Waals surface area contributed by atoms with Gasteiger partial charge in [0.15, 0.2) is 0 Å². The molecule has 0 aromatic heterocycles. The average molecular weight is 851 g/mol. The summed E-state index contributed by atoms with van der Waals surface area (Å²) in [5, 5.41) is 0. The van der Waals surface area contributed by atoms with Crippen molar-refractivity contribution in [2.24, 2.45) is 0 Å². The van der Waals surface area contributed by atoms with Crippen LogP contribution >= 0.6 is 0 Å². The molecule has 1 aliphatic rings. The Balaban J connectivity index is 2.50. The molecule has 0 aromatic carbocycles. The smallest absolute Gasteiger partial charge is 0.323 e. The third-order valence-corrected chi connectivity index (χ3v) is 11.9. The molecule has 352 valence electrons. The first kappa shape index (κ1) is 55.8. The van der Waals surface area contributed by atoms with Crippen LogP contribution < -0.4 is 0 Å². The maximum Gasteiger partial charge on any atom is 0.323 e. The van der Waals surface area contributed by atoms with E-state index in [0.717, 1.165) is 103 Å². The molecule has 10 heteroatoms. The minimum Gasteiger partial charge on any atom is -0.465 e. The normalized spacial score (nSPS) is 15.6. The van der Waals surface area contributed by atoms with Gasteiger partial charge in [-0.3, -0.25) is 24.1 Å². The lowest BCUT2D eigenvalue weighted by Crippen LogP contribution is -2.38. The Labute approximate surface area is 368 Å². The van der Waals surface area contributed by atoms with Gasteiger partial charge in [-0.1, -0.05) is 130 Å². The molecular weight excluding hydrogens is 757 g/mol. The second kappa shape index (κ2) is 38.5. The van der Waals surface area contributed by atoms with E-state index in [-0.39, 0.29) is 42.2 Å². The zero-order chi connectivity index (χ0) is 44.1. The van der Waals surface area contributed by atoms with Gasteiger partial charge < -0.3 is 23.8 Å². The van der Waals surface area contributed by atoms with E-state index in [2.05, 4.69) is 32.6 Å². The van der Waals surface area contributed by atoms with E-state index in [1.54, 1.807) is 0 Å². The molecule has 60 heavy (non-hydrogen) atoms. The highest BCUT2D eigenvalue weighted by atomic mass is 16.6. The third-order valence-electron chi connectivity index (χ3n) is 11.9. The maximum atomic E-state index is 13.4. The number of ether oxygens (including phenoxy) is 4. The van der Waals surface area contributed by atoms with Crippen molar-refractivity contribution in [1.82, 2.24) is 9.80 Å². The molecule has 1 saturated heterocycles. The summed E-state index contributed by atoms with van der Waals surface area (Å²) in [6.07, 6.45) is 31.2. The summed E-state index contributed by atoms with van der Waals surface area (Å²) in [4.78, 5) is 55.5. The van der Waals surface area contributed by atoms with Crippen LogP contribution in [0.25, 0.3) is 0 Å². The van der Waals surface area contributed by atoms with Gasteiger partial charge in [-0.2, -0.15) is 0 Å². The number of unbranched alkanes of at least 4 members (excludes halogenated alkanes) is 18. The lowest BCUT2D eigenvalue weighted by Gasteiger charge is -2.22. The average Bonchev–Trinajstić information content (AvgIpc) is 3.63. The van der Waals surface area contributed by atoms with Crippen molar-refractivity contribution >= 4 is 23.9 Å². The number of carbonyl (C=O) groups excluding carboxylic acids is 4. The topological polar surface area (TPSA) is 112 Å². The summed E-state index contributed by atoms with van der Waals surface area (Å²) in [5.41, 5.74) is 0. The van der Waals surface area contributed by atoms with Crippen LogP contribution in [0.4, 0.5) is 0 Å². The van der Waals surface area contributed by atoms with Crippen LogP contribution in [0, 0.1) is 0 Å². The van der Waals surface area contributed by atoms with Gasteiger partial charge in [-0.05, 0) is 97.7 Å². The van der Waals surface area contributed by atoms with Gasteiger partial charge in [-0.15, -0.1) is 0 Å². The summed E-state index contributed by atoms with van der Waals surface area (Å²) in [6, 6.07) is -0.448. The van der Waals surface area contributed by atoms with E-state index in [1.807, 2.05) is 19.0 Å². The first-order chi connectivity index (χ1) is 29.1. The number of hydrogen-bond donors (Lipinski definition) is 0. The number of nitrogens with zero attached hydrogens (tertiary/aromatic N) is 2. The largest absolute Gasteiger partial charge is 0.465 e. The predicted molar refractivity (Wildman–Crippen MR) is 245 cm³/mol. The fourth-order valence-corrected chi connectivity index (χ4v) is 8.14. The number of carbonyl (C=O) groups is 4. The molecule has 1 fully saturated rings. The molecule has 0 amide bonds. The van der Waals surface area contributed by atoms with E-state index in [4.69, 9.17) is 18.9 Å². The van der Waals surface area contributed by atoms with Crippen molar-refractivity contribution in [3.05, 3.63) is 0 Å². The van der Waals surface area contributed by atoms with E-state index < -0.39 is 6.04 Å². The van der Waals surface area contributed by atoms with Gasteiger partial charge >= 0.3 is 23.9 Å². The standard InChI is InChI=1S/C50H94N2O8/c1-7-11-15-23-31-43(32-24-16-12-8-2)58-47(53)35-27-20-19-21-30-40-57-50(56)46-41-45(60-49(55)37-39-51(5)6)42-52(46)38-29-22-28-36-48(54)59-44(33-25-17-13-9-3)34-26-18-14-10-4/h43-46H,7-42H2,1-6H3/t45?,46-/m0/s1. The predicted octanol–water partition coefficient (Wildman–Crippen LogP) is 12.1. The quantitative estimate of drug-likeness (QED) is 0.0335. The zero-order valence-corrected chi connectivity index (χ0v) is 39.9. The molecule has 1 aliphatic heterocycles. The highest BCUT2D eigenvalue weighted by Gasteiger charge is 2.39. The van der Waals surface area contributed by atoms with Crippen molar-refractivity contribution in [3.63, 3.8) is 0 Å². The van der Waals surface area contributed by atoms with Gasteiger partial charge in [0.1, 0.15) is 24.4 Å². The highest BCUT2D eigenvalue weighted by molar-refractivity contribution is 5.76. The summed E-state index contributed by atoms with van der Waals surface area (Å²) in [6.45, 7) is 11.0. The lowest BCUT2D eigenvalue weighted by atomic mass is 10.0. The molecule has 2 atom stereocenters. The van der Waals surface area contributed by atoms with Crippen LogP contribution in [0.1, 0.15) is 233 Å². The summed E-state index contributed by atoms with van der Waals surface area (Å²) in [7, 11) is 3.85. The van der Waals surface area contributed by atoms with Crippen LogP contribution in [0.15, 0.2) is 0 Å². The lowest BCUT2D eigenvalue weighted by molar-refractivity contribution is -0.151. The number of likely N-dealkylation sites (tertiary alicyclic amines) is 1. The van der Waals surface area contributed by atoms with Crippen molar-refractivity contribution in [1.29, 1.82) is 0 Å². The molecule has 1 rings (SSSR count). The second-order valence-electron chi connectivity index (χ2n) is 18.0. The SMILES string of the molecule is CCCCCCC(CCCCCC)OC(=O)CCCCCCCOC(=O)[C@@H]1CC(OC(=O)CCN(C)C)CN1CCCCCC(=O)OC(CCCCCC)CCCCCC. The molecule has 0 aliphatic carbocycles. The Morgan fingerprint density at radius 1 is 0.533 bits per heavy atom. The van der Waals surface area contributed by atoms with Crippen LogP contribution in [0.2, 0.25) is 0 Å². The Bertz CT molecular complexity index is 1050. The van der Waals surface area contributed by atoms with Crippen LogP contribution in [-0.2, 0) is 38.1 Å². The monoisotopic (exact) mass is 851 g/mol. The van der Waals surface area contributed by atoms with Gasteiger partial charge in [0.2, 0.25) is 0 Å². The first-order valence-corrected chi connectivity index (χ1v) is 25.3. The second-order valence-corrected chi connectivity index (χ2v) is 18.0. The Morgan fingerprint density at radius 3 is 1.43 bits per heavy atom. The molecule has 0 spiro atoms. The van der Waals surface area contributed by atoms with Crippen molar-refractivity contribution < 1.29 is 38.1 Å². The Kier molecular flexibility index (Phi) is 35.8. The molecule has 1 heterocycles. The molecular formula is C50H94N2O8. The van der Waals surface area contributed by atoms with E-state index in [9.17, 15) is 19.2 Å². The van der Waals surface area contributed by atoms with Crippen molar-refractivity contribution in [3.8, 4) is 0 Å². The summed E-state index contributed by atoms with van der Waals surface area (Å²) >= 11 is 0. The molecule has 0 aromatic rings. The van der Waals surface area contributed by atoms with E-state index >= 15 is 0 Å². The number of esters is 4. The summed E-state index contributed by atoms with van der Waals surface area (Å²) in [5.74, 6) is -0.648. The van der Waals surface area contributed by atoms with Gasteiger partial charge in [-0.25, -0.2) is 0 Å². The summed E-state index contributed by atoms with van der Waals surface area (Å²) < 4.78 is 23.5. The number of rotatable bonds is 41. The molecule has 0 saturated carbocycles. The van der Waals surface area contributed by atoms with Crippen molar-refractivity contribution in [2.45, 2.75) is 258 Å². The molecule has 0 N–H and O–H groups in total. The van der Waals surface area contributed by atoms with E-state index in [1.165, 1.54) is 77.0 Å². The van der Waals surface area contributed by atoms with Gasteiger partial charge in [0, 0.05) is 32.4 Å². The minimum atomic E-state index is -0.448. The fraction of sp³-hybridized carbons (Fsp3) is 0.920. The molecule has 1 unspecified atom stereocenters.